The van der Waals surface area contributed by atoms with E-state index in [9.17, 15) is 4.79 Å². The first-order valence-electron chi connectivity index (χ1n) is 10.6. The van der Waals surface area contributed by atoms with Crippen LogP contribution in [-0.4, -0.2) is 46.4 Å². The van der Waals surface area contributed by atoms with Gasteiger partial charge in [0.15, 0.2) is 6.10 Å². The minimum absolute atomic E-state index is 0.218. The molecule has 1 aliphatic rings. The number of halogens is 3. The highest BCUT2D eigenvalue weighted by Crippen LogP contribution is 2.34. The zero-order valence-corrected chi connectivity index (χ0v) is 20.9. The van der Waals surface area contributed by atoms with Crippen LogP contribution in [0.2, 0.25) is 0 Å². The maximum atomic E-state index is 12.0. The average Bonchev–Trinajstić information content (AvgIpc) is 2.79. The van der Waals surface area contributed by atoms with E-state index in [4.69, 9.17) is 63.9 Å². The first-order chi connectivity index (χ1) is 16.1. The van der Waals surface area contributed by atoms with Gasteiger partial charge in [-0.3, -0.25) is 10.2 Å². The van der Waals surface area contributed by atoms with Gasteiger partial charge in [0.05, 0.1) is 19.3 Å². The molecule has 1 saturated heterocycles. The molecule has 5 atom stereocenters. The van der Waals surface area contributed by atoms with Gasteiger partial charge in [-0.25, -0.2) is 0 Å². The predicted molar refractivity (Wildman–Crippen MR) is 129 cm³/mol. The third kappa shape index (κ3) is 7.57. The Morgan fingerprint density at radius 2 is 1.38 bits per heavy atom. The van der Waals surface area contributed by atoms with Crippen molar-refractivity contribution in [2.75, 3.05) is 0 Å². The maximum absolute atomic E-state index is 12.0. The molecule has 0 bridgehead atoms. The number of esters is 1. The highest BCUT2D eigenvalue weighted by atomic mass is 35.6. The Kier molecular flexibility index (Phi) is 9.59. The highest BCUT2D eigenvalue weighted by Gasteiger charge is 2.50. The first-order valence-corrected chi connectivity index (χ1v) is 11.7. The van der Waals surface area contributed by atoms with Crippen LogP contribution < -0.4 is 0 Å². The summed E-state index contributed by atoms with van der Waals surface area (Å²) in [6.45, 7) is 3.53. The van der Waals surface area contributed by atoms with Crippen molar-refractivity contribution in [1.29, 1.82) is 5.41 Å². The normalized spacial score (nSPS) is 24.9. The SMILES string of the molecule is CC(=O)O[C@H]1[C@@H](OC(=N)C(Cl)(Cl)Cl)O[C@H](C)[C@@H](OCc2ccccc2)[C@@H]1OCc1ccccc1. The molecule has 10 heteroatoms. The number of ether oxygens (including phenoxy) is 5. The van der Waals surface area contributed by atoms with Crippen molar-refractivity contribution in [3.63, 3.8) is 0 Å². The van der Waals surface area contributed by atoms with Gasteiger partial charge in [0.2, 0.25) is 12.2 Å². The van der Waals surface area contributed by atoms with Crippen molar-refractivity contribution in [3.05, 3.63) is 71.8 Å². The summed E-state index contributed by atoms with van der Waals surface area (Å²) in [5.74, 6) is -1.26. The van der Waals surface area contributed by atoms with Crippen LogP contribution in [0, 0.1) is 5.41 Å². The molecule has 2 aromatic carbocycles. The number of alkyl halides is 3. The molecule has 0 aromatic heterocycles. The van der Waals surface area contributed by atoms with Crippen molar-refractivity contribution in [1.82, 2.24) is 0 Å². The van der Waals surface area contributed by atoms with E-state index in [1.54, 1.807) is 6.92 Å². The summed E-state index contributed by atoms with van der Waals surface area (Å²) in [5, 5.41) is 7.95. The number of benzene rings is 2. The highest BCUT2D eigenvalue weighted by molar-refractivity contribution is 6.76. The van der Waals surface area contributed by atoms with Gasteiger partial charge in [0.25, 0.3) is 3.79 Å². The fraction of sp³-hybridized carbons (Fsp3) is 0.417. The van der Waals surface area contributed by atoms with Crippen molar-refractivity contribution >= 4 is 46.7 Å². The Hall–Kier alpha value is -1.87. The lowest BCUT2D eigenvalue weighted by molar-refractivity contribution is -0.296. The van der Waals surface area contributed by atoms with Gasteiger partial charge in [0, 0.05) is 6.92 Å². The molecule has 34 heavy (non-hydrogen) atoms. The predicted octanol–water partition coefficient (Wildman–Crippen LogP) is 5.20. The van der Waals surface area contributed by atoms with Crippen LogP contribution in [0.5, 0.6) is 0 Å². The summed E-state index contributed by atoms with van der Waals surface area (Å²) in [7, 11) is 0. The van der Waals surface area contributed by atoms with Crippen LogP contribution in [0.1, 0.15) is 25.0 Å². The minimum atomic E-state index is -2.12. The summed E-state index contributed by atoms with van der Waals surface area (Å²) < 4.78 is 27.2. The Morgan fingerprint density at radius 1 is 0.882 bits per heavy atom. The standard InChI is InChI=1S/C24H26Cl3NO6/c1-15-19(30-13-17-9-5-3-6-10-17)20(31-14-18-11-7-4-8-12-18)21(33-16(2)29)22(32-15)34-23(28)24(25,26)27/h3-12,15,19-22,28H,13-14H2,1-2H3/t15-,19-,20+,21-,22-/m1/s1. The molecule has 2 aromatic rings. The summed E-state index contributed by atoms with van der Waals surface area (Å²) in [6.07, 6.45) is -4.34. The third-order valence-corrected chi connectivity index (χ3v) is 5.61. The molecule has 0 radical (unpaired) electrons. The molecule has 184 valence electrons. The number of nitrogens with one attached hydrogen (secondary N) is 1. The van der Waals surface area contributed by atoms with E-state index in [2.05, 4.69) is 0 Å². The third-order valence-electron chi connectivity index (χ3n) is 5.09. The molecule has 0 saturated carbocycles. The van der Waals surface area contributed by atoms with Crippen LogP contribution in [-0.2, 0) is 41.7 Å². The molecule has 1 heterocycles. The van der Waals surface area contributed by atoms with Gasteiger partial charge in [-0.2, -0.15) is 0 Å². The summed E-state index contributed by atoms with van der Waals surface area (Å²) in [4.78, 5) is 12.0. The summed E-state index contributed by atoms with van der Waals surface area (Å²) in [5.41, 5.74) is 1.87. The Labute approximate surface area is 213 Å². The molecule has 3 rings (SSSR count). The molecular formula is C24H26Cl3NO6. The second-order valence-corrected chi connectivity index (χ2v) is 10.0. The Morgan fingerprint density at radius 3 is 1.85 bits per heavy atom. The van der Waals surface area contributed by atoms with Gasteiger partial charge in [0.1, 0.15) is 12.2 Å². The van der Waals surface area contributed by atoms with E-state index >= 15 is 0 Å². The lowest BCUT2D eigenvalue weighted by atomic mass is 9.98. The number of rotatable bonds is 8. The number of hydrogen-bond acceptors (Lipinski definition) is 7. The zero-order valence-electron chi connectivity index (χ0n) is 18.7. The largest absolute Gasteiger partial charge is 0.453 e. The second-order valence-electron chi connectivity index (χ2n) is 7.75. The van der Waals surface area contributed by atoms with E-state index in [1.165, 1.54) is 6.92 Å². The molecule has 1 aliphatic heterocycles. The van der Waals surface area contributed by atoms with Crippen molar-refractivity contribution in [2.24, 2.45) is 0 Å². The molecule has 0 aliphatic carbocycles. The maximum Gasteiger partial charge on any atom is 0.303 e. The van der Waals surface area contributed by atoms with Crippen LogP contribution in [0.3, 0.4) is 0 Å². The van der Waals surface area contributed by atoms with Gasteiger partial charge in [-0.1, -0.05) is 95.5 Å². The summed E-state index contributed by atoms with van der Waals surface area (Å²) >= 11 is 17.3. The first kappa shape index (κ1) is 26.7. The van der Waals surface area contributed by atoms with Crippen molar-refractivity contribution < 1.29 is 28.5 Å². The van der Waals surface area contributed by atoms with Crippen LogP contribution in [0.15, 0.2) is 60.7 Å². The molecular weight excluding hydrogens is 505 g/mol. The fourth-order valence-corrected chi connectivity index (χ4v) is 3.65. The minimum Gasteiger partial charge on any atom is -0.453 e. The fourth-order valence-electron chi connectivity index (χ4n) is 3.52. The topological polar surface area (TPSA) is 87.1 Å². The average molecular weight is 531 g/mol. The quantitative estimate of drug-likeness (QED) is 0.219. The molecule has 7 nitrogen and oxygen atoms in total. The van der Waals surface area contributed by atoms with E-state index < -0.39 is 46.4 Å². The number of carbonyl (C=O) groups is 1. The van der Waals surface area contributed by atoms with Crippen molar-refractivity contribution in [3.8, 4) is 0 Å². The second kappa shape index (κ2) is 12.2. The van der Waals surface area contributed by atoms with E-state index in [0.717, 1.165) is 11.1 Å². The lowest BCUT2D eigenvalue weighted by Crippen LogP contribution is -2.61. The van der Waals surface area contributed by atoms with Gasteiger partial charge in [-0.05, 0) is 18.1 Å². The smallest absolute Gasteiger partial charge is 0.303 e. The number of carbonyl (C=O) groups excluding carboxylic acids is 1. The number of hydrogen-bond donors (Lipinski definition) is 1. The van der Waals surface area contributed by atoms with Crippen molar-refractivity contribution in [2.45, 2.75) is 61.6 Å². The molecule has 0 spiro atoms. The lowest BCUT2D eigenvalue weighted by Gasteiger charge is -2.44. The molecule has 1 N–H and O–H groups in total. The molecule has 0 unspecified atom stereocenters. The molecule has 1 fully saturated rings. The monoisotopic (exact) mass is 529 g/mol. The van der Waals surface area contributed by atoms with Gasteiger partial charge >= 0.3 is 5.97 Å². The van der Waals surface area contributed by atoms with Gasteiger partial charge in [-0.15, -0.1) is 0 Å². The van der Waals surface area contributed by atoms with Crippen LogP contribution in [0.25, 0.3) is 0 Å². The van der Waals surface area contributed by atoms with Crippen LogP contribution in [0.4, 0.5) is 0 Å². The Balaban J connectivity index is 1.86. The summed E-state index contributed by atoms with van der Waals surface area (Å²) in [6, 6.07) is 19.1. The molecule has 0 amide bonds. The van der Waals surface area contributed by atoms with E-state index in [0.29, 0.717) is 0 Å². The van der Waals surface area contributed by atoms with Gasteiger partial charge < -0.3 is 23.7 Å². The van der Waals surface area contributed by atoms with E-state index in [-0.39, 0.29) is 13.2 Å². The zero-order chi connectivity index (χ0) is 24.7. The van der Waals surface area contributed by atoms with Crippen LogP contribution >= 0.6 is 34.8 Å². The van der Waals surface area contributed by atoms with E-state index in [1.807, 2.05) is 60.7 Å². The Bertz CT molecular complexity index is 941.